The molecule has 1 N–H and O–H groups in total. The number of rotatable bonds is 6. The molecule has 1 aliphatic rings. The molecule has 1 amide bonds. The van der Waals surface area contributed by atoms with Crippen molar-refractivity contribution in [3.63, 3.8) is 0 Å². The van der Waals surface area contributed by atoms with Crippen LogP contribution in [0, 0.1) is 10.1 Å². The first-order valence-electron chi connectivity index (χ1n) is 8.60. The third-order valence-electron chi connectivity index (χ3n) is 4.17. The lowest BCUT2D eigenvalue weighted by atomic mass is 10.1. The van der Waals surface area contributed by atoms with Gasteiger partial charge in [-0.3, -0.25) is 14.9 Å². The summed E-state index contributed by atoms with van der Waals surface area (Å²) in [5, 5.41) is 15.1. The molecule has 0 unspecified atom stereocenters. The number of nitro benzene ring substituents is 1. The molecule has 1 heterocycles. The standard InChI is InChI=1S/C19H20N4O4/c24-19(12-15-4-2-1-3-5-15)21-20-14-16-13-17(23(25)26)6-7-18(16)22-8-10-27-11-9-22/h1-7,13-14H,8-12H2,(H,21,24)/b20-14-. The Morgan fingerprint density at radius 1 is 1.22 bits per heavy atom. The van der Waals surface area contributed by atoms with Gasteiger partial charge in [-0.1, -0.05) is 30.3 Å². The molecule has 0 saturated carbocycles. The zero-order valence-corrected chi connectivity index (χ0v) is 14.7. The molecule has 8 heteroatoms. The molecule has 27 heavy (non-hydrogen) atoms. The monoisotopic (exact) mass is 368 g/mol. The summed E-state index contributed by atoms with van der Waals surface area (Å²) in [6.07, 6.45) is 1.66. The predicted molar refractivity (Wildman–Crippen MR) is 102 cm³/mol. The van der Waals surface area contributed by atoms with Gasteiger partial charge < -0.3 is 9.64 Å². The van der Waals surface area contributed by atoms with E-state index in [9.17, 15) is 14.9 Å². The molecular formula is C19H20N4O4. The molecule has 0 radical (unpaired) electrons. The van der Waals surface area contributed by atoms with Gasteiger partial charge in [-0.15, -0.1) is 0 Å². The molecule has 0 atom stereocenters. The summed E-state index contributed by atoms with van der Waals surface area (Å²) < 4.78 is 5.35. The van der Waals surface area contributed by atoms with Crippen molar-refractivity contribution < 1.29 is 14.5 Å². The van der Waals surface area contributed by atoms with Gasteiger partial charge in [0.2, 0.25) is 5.91 Å². The minimum atomic E-state index is -0.450. The van der Waals surface area contributed by atoms with Crippen LogP contribution in [0.3, 0.4) is 0 Å². The third kappa shape index (κ3) is 5.11. The number of nitrogens with one attached hydrogen (secondary N) is 1. The van der Waals surface area contributed by atoms with E-state index >= 15 is 0 Å². The molecule has 140 valence electrons. The molecule has 1 aliphatic heterocycles. The highest BCUT2D eigenvalue weighted by Gasteiger charge is 2.17. The highest BCUT2D eigenvalue weighted by atomic mass is 16.6. The van der Waals surface area contributed by atoms with Crippen molar-refractivity contribution >= 4 is 23.5 Å². The Bertz CT molecular complexity index is 833. The number of hydrogen-bond donors (Lipinski definition) is 1. The van der Waals surface area contributed by atoms with Crippen LogP contribution in [0.25, 0.3) is 0 Å². The van der Waals surface area contributed by atoms with Gasteiger partial charge in [-0.25, -0.2) is 5.43 Å². The van der Waals surface area contributed by atoms with E-state index < -0.39 is 4.92 Å². The zero-order valence-electron chi connectivity index (χ0n) is 14.7. The molecule has 8 nitrogen and oxygen atoms in total. The number of benzene rings is 2. The summed E-state index contributed by atoms with van der Waals surface area (Å²) >= 11 is 0. The fourth-order valence-corrected chi connectivity index (χ4v) is 2.85. The molecule has 1 fully saturated rings. The van der Waals surface area contributed by atoms with E-state index in [1.165, 1.54) is 18.3 Å². The lowest BCUT2D eigenvalue weighted by Crippen LogP contribution is -2.36. The maximum atomic E-state index is 12.0. The number of nitrogens with zero attached hydrogens (tertiary/aromatic N) is 3. The first-order chi connectivity index (χ1) is 13.1. The number of hydrazone groups is 1. The SMILES string of the molecule is O=C(Cc1ccccc1)N/N=C\c1cc([N+](=O)[O-])ccc1N1CCOCC1. The van der Waals surface area contributed by atoms with Gasteiger partial charge in [0.1, 0.15) is 0 Å². The summed E-state index contributed by atoms with van der Waals surface area (Å²) in [4.78, 5) is 24.7. The smallest absolute Gasteiger partial charge is 0.270 e. The Kier molecular flexibility index (Phi) is 6.11. The van der Waals surface area contributed by atoms with Crippen molar-refractivity contribution in [3.8, 4) is 0 Å². The maximum absolute atomic E-state index is 12.0. The van der Waals surface area contributed by atoms with Gasteiger partial charge in [-0.2, -0.15) is 5.10 Å². The summed E-state index contributed by atoms with van der Waals surface area (Å²) in [6, 6.07) is 14.0. The van der Waals surface area contributed by atoms with Crippen LogP contribution >= 0.6 is 0 Å². The van der Waals surface area contributed by atoms with Gasteiger partial charge in [0, 0.05) is 36.5 Å². The Labute approximate surface area is 156 Å². The highest BCUT2D eigenvalue weighted by molar-refractivity contribution is 5.90. The first kappa shape index (κ1) is 18.5. The molecule has 2 aromatic carbocycles. The number of morpholine rings is 1. The van der Waals surface area contributed by atoms with Crippen molar-refractivity contribution in [1.82, 2.24) is 5.43 Å². The van der Waals surface area contributed by atoms with Crippen LogP contribution in [-0.4, -0.2) is 43.3 Å². The second-order valence-corrected chi connectivity index (χ2v) is 6.06. The number of anilines is 1. The van der Waals surface area contributed by atoms with Crippen LogP contribution in [0.4, 0.5) is 11.4 Å². The van der Waals surface area contributed by atoms with Crippen molar-refractivity contribution in [1.29, 1.82) is 0 Å². The van der Waals surface area contributed by atoms with E-state index in [1.54, 1.807) is 6.07 Å². The van der Waals surface area contributed by atoms with Gasteiger partial charge in [0.25, 0.3) is 5.69 Å². The fraction of sp³-hybridized carbons (Fsp3) is 0.263. The van der Waals surface area contributed by atoms with Crippen molar-refractivity contribution in [2.75, 3.05) is 31.2 Å². The van der Waals surface area contributed by atoms with Crippen LogP contribution in [-0.2, 0) is 16.0 Å². The quantitative estimate of drug-likeness (QED) is 0.479. The number of non-ortho nitro benzene ring substituents is 1. The minimum Gasteiger partial charge on any atom is -0.378 e. The van der Waals surface area contributed by atoms with Crippen LogP contribution in [0.15, 0.2) is 53.6 Å². The summed E-state index contributed by atoms with van der Waals surface area (Å²) in [6.45, 7) is 2.58. The molecule has 0 spiro atoms. The number of nitro groups is 1. The van der Waals surface area contributed by atoms with Crippen molar-refractivity contribution in [3.05, 3.63) is 69.8 Å². The van der Waals surface area contributed by atoms with E-state index in [4.69, 9.17) is 4.74 Å². The molecule has 0 aliphatic carbocycles. The highest BCUT2D eigenvalue weighted by Crippen LogP contribution is 2.25. The van der Waals surface area contributed by atoms with Gasteiger partial charge in [0.15, 0.2) is 0 Å². The van der Waals surface area contributed by atoms with E-state index in [0.29, 0.717) is 31.9 Å². The second-order valence-electron chi connectivity index (χ2n) is 6.06. The molecule has 0 aromatic heterocycles. The fourth-order valence-electron chi connectivity index (χ4n) is 2.85. The number of ether oxygens (including phenoxy) is 1. The molecular weight excluding hydrogens is 348 g/mol. The lowest BCUT2D eigenvalue weighted by molar-refractivity contribution is -0.384. The summed E-state index contributed by atoms with van der Waals surface area (Å²) in [5.41, 5.74) is 4.73. The van der Waals surface area contributed by atoms with Gasteiger partial charge in [0.05, 0.1) is 30.8 Å². The van der Waals surface area contributed by atoms with Crippen molar-refractivity contribution in [2.45, 2.75) is 6.42 Å². The number of carbonyl (C=O) groups excluding carboxylic acids is 1. The van der Waals surface area contributed by atoms with Crippen LogP contribution in [0.5, 0.6) is 0 Å². The Hall–Kier alpha value is -3.26. The largest absolute Gasteiger partial charge is 0.378 e. The summed E-state index contributed by atoms with van der Waals surface area (Å²) in [7, 11) is 0. The van der Waals surface area contributed by atoms with Crippen LogP contribution in [0.2, 0.25) is 0 Å². The normalized spacial score (nSPS) is 14.3. The first-order valence-corrected chi connectivity index (χ1v) is 8.60. The number of hydrogen-bond acceptors (Lipinski definition) is 6. The Morgan fingerprint density at radius 3 is 2.67 bits per heavy atom. The number of carbonyl (C=O) groups is 1. The maximum Gasteiger partial charge on any atom is 0.270 e. The predicted octanol–water partition coefficient (Wildman–Crippen LogP) is 2.12. The van der Waals surface area contributed by atoms with E-state index in [1.807, 2.05) is 30.3 Å². The van der Waals surface area contributed by atoms with Gasteiger partial charge in [-0.05, 0) is 11.6 Å². The lowest BCUT2D eigenvalue weighted by Gasteiger charge is -2.29. The van der Waals surface area contributed by atoms with E-state index in [2.05, 4.69) is 15.4 Å². The minimum absolute atomic E-state index is 0.0240. The van der Waals surface area contributed by atoms with Crippen molar-refractivity contribution in [2.24, 2.45) is 5.10 Å². The van der Waals surface area contributed by atoms with Gasteiger partial charge >= 0.3 is 0 Å². The molecule has 1 saturated heterocycles. The summed E-state index contributed by atoms with van der Waals surface area (Å²) in [5.74, 6) is -0.254. The van der Waals surface area contributed by atoms with E-state index in [0.717, 1.165) is 11.3 Å². The molecule has 3 rings (SSSR count). The second kappa shape index (κ2) is 8.91. The average Bonchev–Trinajstić information content (AvgIpc) is 2.69. The Morgan fingerprint density at radius 2 is 1.96 bits per heavy atom. The molecule has 2 aromatic rings. The topological polar surface area (TPSA) is 97.1 Å². The van der Waals surface area contributed by atoms with Crippen LogP contribution < -0.4 is 10.3 Å². The average molecular weight is 368 g/mol. The van der Waals surface area contributed by atoms with E-state index in [-0.39, 0.29) is 18.0 Å². The Balaban J connectivity index is 1.73. The molecule has 0 bridgehead atoms. The number of amides is 1. The zero-order chi connectivity index (χ0) is 19.1. The third-order valence-corrected chi connectivity index (χ3v) is 4.17. The van der Waals surface area contributed by atoms with Crippen LogP contribution in [0.1, 0.15) is 11.1 Å².